The molecule has 0 aromatic heterocycles. The van der Waals surface area contributed by atoms with Gasteiger partial charge < -0.3 is 5.11 Å². The van der Waals surface area contributed by atoms with Gasteiger partial charge in [-0.2, -0.15) is 0 Å². The van der Waals surface area contributed by atoms with Crippen LogP contribution in [-0.2, 0) is 4.79 Å². The zero-order valence-corrected chi connectivity index (χ0v) is 21.8. The van der Waals surface area contributed by atoms with Gasteiger partial charge in [-0.3, -0.25) is 4.79 Å². The Morgan fingerprint density at radius 1 is 0.906 bits per heavy atom. The van der Waals surface area contributed by atoms with Crippen molar-refractivity contribution >= 4 is 5.78 Å². The molecule has 32 heavy (non-hydrogen) atoms. The maximum Gasteiger partial charge on any atom is 0.136 e. The molecule has 5 aliphatic rings. The summed E-state index contributed by atoms with van der Waals surface area (Å²) in [5.41, 5.74) is 2.29. The van der Waals surface area contributed by atoms with Crippen molar-refractivity contribution in [3.63, 3.8) is 0 Å². The van der Waals surface area contributed by atoms with Gasteiger partial charge in [-0.15, -0.1) is 0 Å². The third-order valence-electron chi connectivity index (χ3n) is 12.9. The van der Waals surface area contributed by atoms with Crippen LogP contribution in [-0.4, -0.2) is 17.0 Å². The summed E-state index contributed by atoms with van der Waals surface area (Å²) in [5, 5.41) is 10.9. The predicted molar refractivity (Wildman–Crippen MR) is 131 cm³/mol. The Labute approximate surface area is 197 Å². The Bertz CT molecular complexity index is 825. The Hall–Kier alpha value is -0.630. The number of aliphatic hydroxyl groups is 1. The van der Waals surface area contributed by atoms with Crippen molar-refractivity contribution in [2.45, 2.75) is 112 Å². The summed E-state index contributed by atoms with van der Waals surface area (Å²) >= 11 is 0. The van der Waals surface area contributed by atoms with Crippen molar-refractivity contribution in [2.24, 2.45) is 57.2 Å². The molecule has 0 spiro atoms. The van der Waals surface area contributed by atoms with Crippen molar-refractivity contribution in [2.75, 3.05) is 0 Å². The molecule has 0 aromatic rings. The molecule has 0 unspecified atom stereocenters. The number of fused-ring (bicyclic) bond motifs is 7. The quantitative estimate of drug-likeness (QED) is 0.438. The van der Waals surface area contributed by atoms with E-state index in [9.17, 15) is 9.90 Å². The highest BCUT2D eigenvalue weighted by Crippen LogP contribution is 2.72. The standard InChI is InChI=1S/C30H48O2/c1-18-10-16-30(20(3)31)17-11-22-21(26(30)19(18)2)8-9-24-28(22,6)14-12-23-27(4,5)25(32)13-15-29(23,24)7/h8,18-19,22-26,32H,9-17H2,1-7H3/t18-,19+,22-,23+,24-,25+,26+,28+,29+,30-/m1/s1. The molecule has 4 saturated carbocycles. The lowest BCUT2D eigenvalue weighted by Crippen LogP contribution is -2.62. The fraction of sp³-hybridized carbons (Fsp3) is 0.900. The summed E-state index contributed by atoms with van der Waals surface area (Å²) in [7, 11) is 0. The van der Waals surface area contributed by atoms with E-state index in [4.69, 9.17) is 0 Å². The SMILES string of the molecule is CC(=O)[C@]12CC[C@@H](C)[C@H](C)[C@H]1C1=CC[C@@H]3[C@@](C)(CC[C@H]4C(C)(C)[C@@H](O)CC[C@]34C)[C@@H]1CC2. The average molecular weight is 441 g/mol. The lowest BCUT2D eigenvalue weighted by Gasteiger charge is -2.68. The smallest absolute Gasteiger partial charge is 0.136 e. The van der Waals surface area contributed by atoms with Crippen LogP contribution in [0.2, 0.25) is 0 Å². The lowest BCUT2D eigenvalue weighted by atomic mass is 9.36. The molecule has 5 rings (SSSR count). The Kier molecular flexibility index (Phi) is 5.20. The van der Waals surface area contributed by atoms with Gasteiger partial charge in [0.15, 0.2) is 0 Å². The second-order valence-electron chi connectivity index (χ2n) is 14.1. The van der Waals surface area contributed by atoms with Crippen LogP contribution in [0.15, 0.2) is 11.6 Å². The van der Waals surface area contributed by atoms with Crippen LogP contribution < -0.4 is 0 Å². The molecule has 1 N–H and O–H groups in total. The van der Waals surface area contributed by atoms with Crippen molar-refractivity contribution < 1.29 is 9.90 Å². The van der Waals surface area contributed by atoms with Gasteiger partial charge in [-0.1, -0.05) is 53.2 Å². The zero-order chi connectivity index (χ0) is 23.3. The molecular weight excluding hydrogens is 392 g/mol. The van der Waals surface area contributed by atoms with Crippen LogP contribution >= 0.6 is 0 Å². The molecule has 2 nitrogen and oxygen atoms in total. The van der Waals surface area contributed by atoms with Gasteiger partial charge in [-0.05, 0) is 116 Å². The fourth-order valence-corrected chi connectivity index (χ4v) is 10.8. The van der Waals surface area contributed by atoms with Gasteiger partial charge in [0.2, 0.25) is 0 Å². The van der Waals surface area contributed by atoms with Gasteiger partial charge in [0, 0.05) is 5.41 Å². The first kappa shape index (κ1) is 23.1. The molecule has 0 bridgehead atoms. The number of rotatable bonds is 1. The molecule has 0 radical (unpaired) electrons. The second kappa shape index (κ2) is 7.19. The number of carbonyl (C=O) groups excluding carboxylic acids is 1. The van der Waals surface area contributed by atoms with Crippen LogP contribution in [0.1, 0.15) is 106 Å². The van der Waals surface area contributed by atoms with Gasteiger partial charge >= 0.3 is 0 Å². The van der Waals surface area contributed by atoms with Crippen LogP contribution in [0.3, 0.4) is 0 Å². The highest BCUT2D eigenvalue weighted by atomic mass is 16.3. The van der Waals surface area contributed by atoms with E-state index in [1.54, 1.807) is 5.57 Å². The van der Waals surface area contributed by atoms with Crippen LogP contribution in [0, 0.1) is 57.2 Å². The summed E-state index contributed by atoms with van der Waals surface area (Å²) in [6, 6.07) is 0. The van der Waals surface area contributed by atoms with Crippen LogP contribution in [0.4, 0.5) is 0 Å². The number of aliphatic hydroxyl groups excluding tert-OH is 1. The van der Waals surface area contributed by atoms with Gasteiger partial charge in [-0.25, -0.2) is 0 Å². The molecule has 0 aliphatic heterocycles. The molecule has 2 heteroatoms. The molecule has 10 atom stereocenters. The maximum absolute atomic E-state index is 13.1. The Balaban J connectivity index is 1.56. The summed E-state index contributed by atoms with van der Waals surface area (Å²) < 4.78 is 0. The van der Waals surface area contributed by atoms with Gasteiger partial charge in [0.25, 0.3) is 0 Å². The zero-order valence-electron chi connectivity index (χ0n) is 21.8. The molecule has 0 amide bonds. The predicted octanol–water partition coefficient (Wildman–Crippen LogP) is 7.20. The number of carbonyl (C=O) groups is 1. The van der Waals surface area contributed by atoms with E-state index < -0.39 is 0 Å². The maximum atomic E-state index is 13.1. The topological polar surface area (TPSA) is 37.3 Å². The molecule has 0 saturated heterocycles. The van der Waals surface area contributed by atoms with Crippen LogP contribution in [0.5, 0.6) is 0 Å². The van der Waals surface area contributed by atoms with E-state index in [1.807, 2.05) is 6.92 Å². The number of hydrogen-bond acceptors (Lipinski definition) is 2. The van der Waals surface area contributed by atoms with E-state index in [1.165, 1.54) is 38.5 Å². The number of ketones is 1. The summed E-state index contributed by atoms with van der Waals surface area (Å²) in [6.45, 7) is 16.7. The van der Waals surface area contributed by atoms with E-state index >= 15 is 0 Å². The monoisotopic (exact) mass is 440 g/mol. The third kappa shape index (κ3) is 2.77. The highest BCUT2D eigenvalue weighted by molar-refractivity contribution is 5.83. The number of hydrogen-bond donors (Lipinski definition) is 1. The summed E-state index contributed by atoms with van der Waals surface area (Å²) in [6.07, 6.45) is 13.0. The van der Waals surface area contributed by atoms with E-state index in [-0.39, 0.29) is 16.9 Å². The van der Waals surface area contributed by atoms with Gasteiger partial charge in [0.05, 0.1) is 6.10 Å². The van der Waals surface area contributed by atoms with Crippen molar-refractivity contribution in [1.82, 2.24) is 0 Å². The largest absolute Gasteiger partial charge is 0.393 e. The van der Waals surface area contributed by atoms with Crippen LogP contribution in [0.25, 0.3) is 0 Å². The summed E-state index contributed by atoms with van der Waals surface area (Å²) in [4.78, 5) is 13.1. The van der Waals surface area contributed by atoms with Crippen molar-refractivity contribution in [3.8, 4) is 0 Å². The van der Waals surface area contributed by atoms with Crippen molar-refractivity contribution in [1.29, 1.82) is 0 Å². The van der Waals surface area contributed by atoms with E-state index in [0.29, 0.717) is 52.1 Å². The fourth-order valence-electron chi connectivity index (χ4n) is 10.8. The minimum absolute atomic E-state index is 0.0159. The molecule has 0 heterocycles. The van der Waals surface area contributed by atoms with E-state index in [0.717, 1.165) is 19.3 Å². The molecule has 4 fully saturated rings. The molecule has 0 aromatic carbocycles. The number of allylic oxidation sites excluding steroid dienone is 2. The minimum Gasteiger partial charge on any atom is -0.393 e. The average Bonchev–Trinajstić information content (AvgIpc) is 2.73. The number of Topliss-reactive ketones (excluding diaryl/α,β-unsaturated/α-hetero) is 1. The lowest BCUT2D eigenvalue weighted by molar-refractivity contribution is -0.187. The second-order valence-corrected chi connectivity index (χ2v) is 14.1. The van der Waals surface area contributed by atoms with Gasteiger partial charge in [0.1, 0.15) is 5.78 Å². The first-order valence-corrected chi connectivity index (χ1v) is 13.8. The summed E-state index contributed by atoms with van der Waals surface area (Å²) in [5.74, 6) is 4.22. The first-order valence-electron chi connectivity index (χ1n) is 13.8. The normalized spacial score (nSPS) is 54.4. The minimum atomic E-state index is -0.157. The Morgan fingerprint density at radius 2 is 1.56 bits per heavy atom. The molecule has 5 aliphatic carbocycles. The van der Waals surface area contributed by atoms with E-state index in [2.05, 4.69) is 47.6 Å². The molecular formula is C30H48O2. The third-order valence-corrected chi connectivity index (χ3v) is 12.9. The first-order chi connectivity index (χ1) is 14.9. The highest BCUT2D eigenvalue weighted by Gasteiger charge is 2.65. The van der Waals surface area contributed by atoms with Crippen molar-refractivity contribution in [3.05, 3.63) is 11.6 Å². The molecule has 180 valence electrons. The Morgan fingerprint density at radius 3 is 2.25 bits per heavy atom.